The molecule has 2 rings (SSSR count). The van der Waals surface area contributed by atoms with Gasteiger partial charge in [0.15, 0.2) is 17.3 Å². The quantitative estimate of drug-likeness (QED) is 0.487. The van der Waals surface area contributed by atoms with Crippen LogP contribution in [0.4, 0.5) is 14.5 Å². The van der Waals surface area contributed by atoms with E-state index in [1.165, 1.54) is 31.2 Å². The third-order valence-corrected chi connectivity index (χ3v) is 2.69. The van der Waals surface area contributed by atoms with Gasteiger partial charge in [-0.25, -0.2) is 4.39 Å². The number of halogens is 2. The molecule has 2 aromatic rings. The Bertz CT molecular complexity index is 731. The highest BCUT2D eigenvalue weighted by Crippen LogP contribution is 2.30. The van der Waals surface area contributed by atoms with E-state index < -0.39 is 33.8 Å². The van der Waals surface area contributed by atoms with Crippen LogP contribution in [0, 0.1) is 21.7 Å². The lowest BCUT2D eigenvalue weighted by Gasteiger charge is -2.08. The van der Waals surface area contributed by atoms with Crippen LogP contribution < -0.4 is 4.74 Å². The number of nitro benzene ring substituents is 1. The van der Waals surface area contributed by atoms with Crippen molar-refractivity contribution in [3.63, 3.8) is 0 Å². The first-order valence-corrected chi connectivity index (χ1v) is 5.81. The van der Waals surface area contributed by atoms with Crippen molar-refractivity contribution in [2.75, 3.05) is 0 Å². The van der Waals surface area contributed by atoms with E-state index in [9.17, 15) is 23.7 Å². The first kappa shape index (κ1) is 14.6. The van der Waals surface area contributed by atoms with E-state index in [4.69, 9.17) is 4.74 Å². The highest BCUT2D eigenvalue weighted by Gasteiger charge is 2.19. The van der Waals surface area contributed by atoms with Gasteiger partial charge in [-0.1, -0.05) is 6.07 Å². The molecule has 108 valence electrons. The number of Topliss-reactive ketones (excluding diaryl/α,β-unsaturated/α-hetero) is 1. The van der Waals surface area contributed by atoms with Crippen molar-refractivity contribution in [3.05, 3.63) is 63.7 Å². The zero-order valence-electron chi connectivity index (χ0n) is 10.8. The molecule has 0 fully saturated rings. The lowest BCUT2D eigenvalue weighted by Crippen LogP contribution is -2.00. The van der Waals surface area contributed by atoms with E-state index in [0.29, 0.717) is 0 Å². The number of ether oxygens (including phenoxy) is 1. The Morgan fingerprint density at radius 2 is 1.95 bits per heavy atom. The number of carbonyl (C=O) groups excluding carboxylic acids is 1. The fourth-order valence-electron chi connectivity index (χ4n) is 1.71. The minimum atomic E-state index is -1.20. The van der Waals surface area contributed by atoms with Gasteiger partial charge in [-0.05, 0) is 31.2 Å². The Morgan fingerprint density at radius 3 is 2.57 bits per heavy atom. The molecule has 0 aliphatic heterocycles. The van der Waals surface area contributed by atoms with Crippen LogP contribution in [0.25, 0.3) is 0 Å². The van der Waals surface area contributed by atoms with Gasteiger partial charge in [-0.3, -0.25) is 14.9 Å². The third-order valence-electron chi connectivity index (χ3n) is 2.69. The first-order chi connectivity index (χ1) is 9.90. The molecule has 7 heteroatoms. The van der Waals surface area contributed by atoms with Gasteiger partial charge in [0.25, 0.3) is 5.69 Å². The van der Waals surface area contributed by atoms with E-state index in [0.717, 1.165) is 12.1 Å². The van der Waals surface area contributed by atoms with Gasteiger partial charge in [0.1, 0.15) is 5.75 Å². The molecule has 0 amide bonds. The third kappa shape index (κ3) is 3.02. The van der Waals surface area contributed by atoms with Gasteiger partial charge in [-0.15, -0.1) is 0 Å². The van der Waals surface area contributed by atoms with Crippen molar-refractivity contribution in [2.24, 2.45) is 0 Å². The molecule has 0 aliphatic carbocycles. The number of benzene rings is 2. The summed E-state index contributed by atoms with van der Waals surface area (Å²) >= 11 is 0. The monoisotopic (exact) mass is 293 g/mol. The average molecular weight is 293 g/mol. The number of nitro groups is 1. The van der Waals surface area contributed by atoms with Gasteiger partial charge in [0, 0.05) is 0 Å². The van der Waals surface area contributed by atoms with Crippen LogP contribution in [0.15, 0.2) is 36.4 Å². The summed E-state index contributed by atoms with van der Waals surface area (Å²) in [6, 6.07) is 6.81. The van der Waals surface area contributed by atoms with Crippen molar-refractivity contribution in [3.8, 4) is 11.5 Å². The van der Waals surface area contributed by atoms with E-state index in [1.54, 1.807) is 0 Å². The Labute approximate surface area is 117 Å². The maximum atomic E-state index is 13.5. The van der Waals surface area contributed by atoms with Crippen LogP contribution >= 0.6 is 0 Å². The molecule has 0 spiro atoms. The number of hydrogen-bond donors (Lipinski definition) is 0. The van der Waals surface area contributed by atoms with Crippen molar-refractivity contribution < 1.29 is 23.2 Å². The largest absolute Gasteiger partial charge is 0.454 e. The van der Waals surface area contributed by atoms with Gasteiger partial charge >= 0.3 is 0 Å². The van der Waals surface area contributed by atoms with Crippen molar-refractivity contribution in [1.82, 2.24) is 0 Å². The number of hydrogen-bond acceptors (Lipinski definition) is 4. The molecular weight excluding hydrogens is 284 g/mol. The lowest BCUT2D eigenvalue weighted by atomic mass is 10.1. The number of rotatable bonds is 4. The summed E-state index contributed by atoms with van der Waals surface area (Å²) < 4.78 is 31.6. The molecule has 0 bridgehead atoms. The minimum absolute atomic E-state index is 0.0730. The van der Waals surface area contributed by atoms with Gasteiger partial charge in [-0.2, -0.15) is 4.39 Å². The SMILES string of the molecule is CC(=O)c1ccc(Oc2cccc(F)c2F)cc1[N+](=O)[O-]. The lowest BCUT2D eigenvalue weighted by molar-refractivity contribution is -0.385. The zero-order chi connectivity index (χ0) is 15.6. The molecule has 0 aromatic heterocycles. The van der Waals surface area contributed by atoms with Crippen LogP contribution in [0.3, 0.4) is 0 Å². The second kappa shape index (κ2) is 5.66. The van der Waals surface area contributed by atoms with Gasteiger partial charge in [0.05, 0.1) is 16.6 Å². The summed E-state index contributed by atoms with van der Waals surface area (Å²) in [6.07, 6.45) is 0. The molecule has 0 radical (unpaired) electrons. The predicted molar refractivity (Wildman–Crippen MR) is 69.5 cm³/mol. The number of nitrogens with zero attached hydrogens (tertiary/aromatic N) is 1. The second-order valence-corrected chi connectivity index (χ2v) is 4.15. The number of carbonyl (C=O) groups is 1. The average Bonchev–Trinajstić information content (AvgIpc) is 2.43. The van der Waals surface area contributed by atoms with E-state index >= 15 is 0 Å². The molecule has 0 N–H and O–H groups in total. The molecule has 21 heavy (non-hydrogen) atoms. The smallest absolute Gasteiger partial charge is 0.283 e. The van der Waals surface area contributed by atoms with Crippen LogP contribution in [-0.2, 0) is 0 Å². The van der Waals surface area contributed by atoms with E-state index in [2.05, 4.69) is 0 Å². The summed E-state index contributed by atoms with van der Waals surface area (Å²) in [5, 5.41) is 10.9. The highest BCUT2D eigenvalue weighted by molar-refractivity contribution is 5.98. The Hall–Kier alpha value is -2.83. The summed E-state index contributed by atoms with van der Waals surface area (Å²) in [4.78, 5) is 21.5. The molecule has 0 aliphatic rings. The maximum Gasteiger partial charge on any atom is 0.283 e. The summed E-state index contributed by atoms with van der Waals surface area (Å²) in [5.41, 5.74) is -0.552. The number of ketones is 1. The molecule has 5 nitrogen and oxygen atoms in total. The Morgan fingerprint density at radius 1 is 1.24 bits per heavy atom. The molecule has 0 saturated carbocycles. The normalized spacial score (nSPS) is 10.2. The summed E-state index contributed by atoms with van der Waals surface area (Å²) in [6.45, 7) is 1.19. The fraction of sp³-hybridized carbons (Fsp3) is 0.0714. The van der Waals surface area contributed by atoms with Crippen LogP contribution in [-0.4, -0.2) is 10.7 Å². The van der Waals surface area contributed by atoms with Crippen molar-refractivity contribution in [1.29, 1.82) is 0 Å². The molecule has 2 aromatic carbocycles. The minimum Gasteiger partial charge on any atom is -0.454 e. The second-order valence-electron chi connectivity index (χ2n) is 4.15. The van der Waals surface area contributed by atoms with Gasteiger partial charge in [0.2, 0.25) is 5.82 Å². The topological polar surface area (TPSA) is 69.4 Å². The highest BCUT2D eigenvalue weighted by atomic mass is 19.2. The van der Waals surface area contributed by atoms with Crippen LogP contribution in [0.2, 0.25) is 0 Å². The molecule has 0 atom stereocenters. The predicted octanol–water partition coefficient (Wildman–Crippen LogP) is 3.87. The molecule has 0 heterocycles. The summed E-state index contributed by atoms with van der Waals surface area (Å²) in [5.74, 6) is -3.25. The zero-order valence-corrected chi connectivity index (χ0v) is 10.8. The molecule has 0 saturated heterocycles. The van der Waals surface area contributed by atoms with Crippen LogP contribution in [0.5, 0.6) is 11.5 Å². The fourth-order valence-corrected chi connectivity index (χ4v) is 1.71. The standard InChI is InChI=1S/C14H9F2NO4/c1-8(18)10-6-5-9(7-12(10)17(19)20)21-13-4-2-3-11(15)14(13)16/h2-7H,1H3. The Balaban J connectivity index is 2.42. The van der Waals surface area contributed by atoms with Crippen LogP contribution in [0.1, 0.15) is 17.3 Å². The Kier molecular flexibility index (Phi) is 3.93. The molecule has 0 unspecified atom stereocenters. The maximum absolute atomic E-state index is 13.5. The summed E-state index contributed by atoms with van der Waals surface area (Å²) in [7, 11) is 0. The molecular formula is C14H9F2NO4. The van der Waals surface area contributed by atoms with Crippen molar-refractivity contribution >= 4 is 11.5 Å². The van der Waals surface area contributed by atoms with Crippen molar-refractivity contribution in [2.45, 2.75) is 6.92 Å². The van der Waals surface area contributed by atoms with Gasteiger partial charge < -0.3 is 4.74 Å². The first-order valence-electron chi connectivity index (χ1n) is 5.81. The van der Waals surface area contributed by atoms with E-state index in [-0.39, 0.29) is 11.3 Å². The van der Waals surface area contributed by atoms with E-state index in [1.807, 2.05) is 0 Å².